The van der Waals surface area contributed by atoms with E-state index in [-0.39, 0.29) is 29.9 Å². The molecular weight excluding hydrogens is 316 g/mol. The summed E-state index contributed by atoms with van der Waals surface area (Å²) in [5.74, 6) is -0.739. The van der Waals surface area contributed by atoms with E-state index < -0.39 is 5.91 Å². The van der Waals surface area contributed by atoms with E-state index in [1.165, 1.54) is 12.1 Å². The summed E-state index contributed by atoms with van der Waals surface area (Å²) in [4.78, 5) is 23.3. The van der Waals surface area contributed by atoms with Gasteiger partial charge in [-0.15, -0.1) is 0 Å². The summed E-state index contributed by atoms with van der Waals surface area (Å²) in [6.07, 6.45) is 0. The van der Waals surface area contributed by atoms with Crippen LogP contribution in [0.15, 0.2) is 48.5 Å². The van der Waals surface area contributed by atoms with Gasteiger partial charge in [-0.3, -0.25) is 9.59 Å². The van der Waals surface area contributed by atoms with Crippen molar-refractivity contribution >= 4 is 23.4 Å². The number of hydrogen-bond acceptors (Lipinski definition) is 3. The molecule has 0 aliphatic heterocycles. The first-order valence-electron chi connectivity index (χ1n) is 7.04. The average molecular weight is 333 g/mol. The van der Waals surface area contributed by atoms with Crippen molar-refractivity contribution in [2.45, 2.75) is 13.0 Å². The number of carbonyl (C=O) groups is 2. The Hall–Kier alpha value is -2.53. The maximum absolute atomic E-state index is 12.0. The quantitative estimate of drug-likeness (QED) is 0.853. The number of nitrogens with one attached hydrogen (secondary N) is 1. The third-order valence-electron chi connectivity index (χ3n) is 3.24. The molecule has 1 unspecified atom stereocenters. The van der Waals surface area contributed by atoms with E-state index in [0.29, 0.717) is 5.02 Å². The second kappa shape index (κ2) is 7.65. The predicted molar refractivity (Wildman–Crippen MR) is 88.5 cm³/mol. The normalized spacial score (nSPS) is 11.6. The van der Waals surface area contributed by atoms with Crippen molar-refractivity contribution in [1.29, 1.82) is 0 Å². The van der Waals surface area contributed by atoms with Crippen LogP contribution >= 0.6 is 11.6 Å². The Kier molecular flexibility index (Phi) is 5.60. The van der Waals surface area contributed by atoms with Gasteiger partial charge in [0, 0.05) is 5.02 Å². The second-order valence-electron chi connectivity index (χ2n) is 4.99. The highest BCUT2D eigenvalue weighted by atomic mass is 35.5. The van der Waals surface area contributed by atoms with Crippen LogP contribution in [0.3, 0.4) is 0 Å². The van der Waals surface area contributed by atoms with E-state index in [2.05, 4.69) is 5.32 Å². The first-order chi connectivity index (χ1) is 11.0. The Balaban J connectivity index is 1.96. The summed E-state index contributed by atoms with van der Waals surface area (Å²) in [5.41, 5.74) is 6.40. The Labute approximate surface area is 139 Å². The predicted octanol–water partition coefficient (Wildman–Crippen LogP) is 2.70. The van der Waals surface area contributed by atoms with Crippen LogP contribution in [0.2, 0.25) is 5.02 Å². The minimum Gasteiger partial charge on any atom is -0.483 e. The van der Waals surface area contributed by atoms with E-state index in [0.717, 1.165) is 5.56 Å². The molecule has 0 fully saturated rings. The number of carbonyl (C=O) groups excluding carboxylic acids is 2. The van der Waals surface area contributed by atoms with Gasteiger partial charge in [-0.05, 0) is 30.7 Å². The maximum Gasteiger partial charge on any atom is 0.258 e. The minimum absolute atomic E-state index is 0.140. The van der Waals surface area contributed by atoms with Gasteiger partial charge in [0.1, 0.15) is 5.75 Å². The number of primary amides is 1. The van der Waals surface area contributed by atoms with E-state index in [1.807, 2.05) is 37.3 Å². The third kappa shape index (κ3) is 4.72. The molecule has 0 saturated carbocycles. The summed E-state index contributed by atoms with van der Waals surface area (Å²) in [7, 11) is 0. The van der Waals surface area contributed by atoms with Gasteiger partial charge < -0.3 is 15.8 Å². The number of ether oxygens (including phenoxy) is 1. The molecule has 0 aromatic heterocycles. The van der Waals surface area contributed by atoms with Crippen LogP contribution in [-0.4, -0.2) is 18.4 Å². The molecule has 5 nitrogen and oxygen atoms in total. The lowest BCUT2D eigenvalue weighted by Crippen LogP contribution is -2.31. The first kappa shape index (κ1) is 16.8. The summed E-state index contributed by atoms with van der Waals surface area (Å²) >= 11 is 5.82. The lowest BCUT2D eigenvalue weighted by molar-refractivity contribution is -0.123. The summed E-state index contributed by atoms with van der Waals surface area (Å²) < 4.78 is 5.38. The largest absolute Gasteiger partial charge is 0.483 e. The Morgan fingerprint density at radius 2 is 1.91 bits per heavy atom. The van der Waals surface area contributed by atoms with Crippen molar-refractivity contribution in [2.75, 3.05) is 6.61 Å². The molecule has 1 atom stereocenters. The van der Waals surface area contributed by atoms with Crippen LogP contribution in [0.4, 0.5) is 0 Å². The number of nitrogens with two attached hydrogens (primary N) is 1. The van der Waals surface area contributed by atoms with E-state index in [9.17, 15) is 9.59 Å². The number of halogens is 1. The van der Waals surface area contributed by atoms with Gasteiger partial charge in [0.05, 0.1) is 11.6 Å². The van der Waals surface area contributed by atoms with Crippen LogP contribution in [0.5, 0.6) is 5.75 Å². The molecule has 120 valence electrons. The van der Waals surface area contributed by atoms with Crippen molar-refractivity contribution in [3.63, 3.8) is 0 Å². The van der Waals surface area contributed by atoms with E-state index in [4.69, 9.17) is 22.1 Å². The van der Waals surface area contributed by atoms with Gasteiger partial charge in [-0.25, -0.2) is 0 Å². The standard InChI is InChI=1S/C17H17ClN2O3/c1-11(12-5-3-2-4-6-12)20-16(21)10-23-15-8-7-13(18)9-14(15)17(19)22/h2-9,11H,10H2,1H3,(H2,19,22)(H,20,21). The fourth-order valence-corrected chi connectivity index (χ4v) is 2.24. The molecule has 23 heavy (non-hydrogen) atoms. The average Bonchev–Trinajstić information content (AvgIpc) is 2.54. The van der Waals surface area contributed by atoms with Crippen LogP contribution in [-0.2, 0) is 4.79 Å². The number of amides is 2. The molecule has 0 radical (unpaired) electrons. The second-order valence-corrected chi connectivity index (χ2v) is 5.43. The molecule has 3 N–H and O–H groups in total. The lowest BCUT2D eigenvalue weighted by Gasteiger charge is -2.15. The van der Waals surface area contributed by atoms with Crippen molar-refractivity contribution < 1.29 is 14.3 Å². The van der Waals surface area contributed by atoms with Gasteiger partial charge in [-0.1, -0.05) is 41.9 Å². The van der Waals surface area contributed by atoms with Crippen molar-refractivity contribution in [3.8, 4) is 5.75 Å². The topological polar surface area (TPSA) is 81.4 Å². The number of benzene rings is 2. The van der Waals surface area contributed by atoms with Crippen LogP contribution in [0.25, 0.3) is 0 Å². The minimum atomic E-state index is -0.666. The van der Waals surface area contributed by atoms with Crippen molar-refractivity contribution in [2.24, 2.45) is 5.73 Å². The molecule has 0 heterocycles. The zero-order valence-electron chi connectivity index (χ0n) is 12.6. The van der Waals surface area contributed by atoms with Gasteiger partial charge in [-0.2, -0.15) is 0 Å². The van der Waals surface area contributed by atoms with Crippen LogP contribution in [0.1, 0.15) is 28.9 Å². The zero-order valence-corrected chi connectivity index (χ0v) is 13.3. The van der Waals surface area contributed by atoms with Gasteiger partial charge in [0.2, 0.25) is 0 Å². The Morgan fingerprint density at radius 1 is 1.22 bits per heavy atom. The van der Waals surface area contributed by atoms with Crippen molar-refractivity contribution in [3.05, 3.63) is 64.7 Å². The van der Waals surface area contributed by atoms with Crippen LogP contribution < -0.4 is 15.8 Å². The van der Waals surface area contributed by atoms with Gasteiger partial charge >= 0.3 is 0 Å². The SMILES string of the molecule is CC(NC(=O)COc1ccc(Cl)cc1C(N)=O)c1ccccc1. The summed E-state index contributed by atoms with van der Waals surface area (Å²) in [5, 5.41) is 3.19. The molecule has 2 aromatic rings. The fourth-order valence-electron chi connectivity index (χ4n) is 2.07. The molecule has 2 aromatic carbocycles. The Morgan fingerprint density at radius 3 is 2.57 bits per heavy atom. The monoisotopic (exact) mass is 332 g/mol. The molecule has 2 rings (SSSR count). The molecular formula is C17H17ClN2O3. The van der Waals surface area contributed by atoms with Crippen LogP contribution in [0, 0.1) is 0 Å². The molecule has 6 heteroatoms. The van der Waals surface area contributed by atoms with Crippen molar-refractivity contribution in [1.82, 2.24) is 5.32 Å². The number of hydrogen-bond donors (Lipinski definition) is 2. The molecule has 0 saturated heterocycles. The smallest absolute Gasteiger partial charge is 0.258 e. The molecule has 0 spiro atoms. The van der Waals surface area contributed by atoms with E-state index in [1.54, 1.807) is 6.07 Å². The summed E-state index contributed by atoms with van der Waals surface area (Å²) in [6.45, 7) is 1.66. The molecule has 0 aliphatic carbocycles. The van der Waals surface area contributed by atoms with E-state index >= 15 is 0 Å². The number of rotatable bonds is 6. The molecule has 2 amide bonds. The molecule has 0 aliphatic rings. The Bertz CT molecular complexity index is 704. The van der Waals surface area contributed by atoms with Gasteiger partial charge in [0.15, 0.2) is 6.61 Å². The zero-order chi connectivity index (χ0) is 16.8. The van der Waals surface area contributed by atoms with Gasteiger partial charge in [0.25, 0.3) is 11.8 Å². The maximum atomic E-state index is 12.0. The third-order valence-corrected chi connectivity index (χ3v) is 3.48. The molecule has 0 bridgehead atoms. The lowest BCUT2D eigenvalue weighted by atomic mass is 10.1. The highest BCUT2D eigenvalue weighted by molar-refractivity contribution is 6.31. The fraction of sp³-hybridized carbons (Fsp3) is 0.176. The highest BCUT2D eigenvalue weighted by Gasteiger charge is 2.13. The summed E-state index contributed by atoms with van der Waals surface area (Å²) in [6, 6.07) is 13.9. The highest BCUT2D eigenvalue weighted by Crippen LogP contribution is 2.22. The first-order valence-corrected chi connectivity index (χ1v) is 7.41.